The highest BCUT2D eigenvalue weighted by atomic mass is 16.5. The first-order chi connectivity index (χ1) is 30.0. The van der Waals surface area contributed by atoms with Crippen LogP contribution in [0.3, 0.4) is 0 Å². The number of hydrogen-bond acceptors (Lipinski definition) is 5. The van der Waals surface area contributed by atoms with Crippen LogP contribution in [0.5, 0.6) is 0 Å². The molecule has 61 heavy (non-hydrogen) atoms. The molecule has 0 bridgehead atoms. The fourth-order valence-electron chi connectivity index (χ4n) is 8.21. The number of carbonyl (C=O) groups is 2. The standard InChI is InChI=1S/C55H103NO5/c1-4-7-10-13-16-19-22-24-26-28-30-32-34-37-40-43-46-51(49-54(59)56-52(50-57)53(58)47-44-41-38-35-21-18-15-12-9-6-3)61-55(60)48-45-42-39-36-33-31-29-27-25-23-20-17-14-11-8-5-2/h8,11,17,20,25,27,51-53,57-58H,4-7,9-10,12-16,18-19,21-24,26,28-50H2,1-3H3,(H,56,59)/b11-8+,20-17+,27-25+. The molecule has 0 aromatic heterocycles. The lowest BCUT2D eigenvalue weighted by Crippen LogP contribution is -2.46. The van der Waals surface area contributed by atoms with Crippen LogP contribution in [0.15, 0.2) is 36.5 Å². The zero-order valence-electron chi connectivity index (χ0n) is 40.8. The maximum absolute atomic E-state index is 13.2. The van der Waals surface area contributed by atoms with Crippen LogP contribution in [0.4, 0.5) is 0 Å². The minimum absolute atomic E-state index is 0.0764. The van der Waals surface area contributed by atoms with Gasteiger partial charge in [-0.15, -0.1) is 0 Å². The number of ether oxygens (including phenoxy) is 1. The minimum atomic E-state index is -0.786. The highest BCUT2D eigenvalue weighted by Gasteiger charge is 2.24. The maximum Gasteiger partial charge on any atom is 0.306 e. The topological polar surface area (TPSA) is 95.9 Å². The van der Waals surface area contributed by atoms with E-state index in [1.807, 2.05) is 0 Å². The Balaban J connectivity index is 4.56. The highest BCUT2D eigenvalue weighted by molar-refractivity contribution is 5.77. The predicted octanol–water partition coefficient (Wildman–Crippen LogP) is 16.1. The first-order valence-electron chi connectivity index (χ1n) is 26.7. The number of allylic oxidation sites excluding steroid dienone is 6. The summed E-state index contributed by atoms with van der Waals surface area (Å²) in [5.74, 6) is -0.476. The molecule has 6 heteroatoms. The van der Waals surface area contributed by atoms with Crippen LogP contribution < -0.4 is 5.32 Å². The third-order valence-corrected chi connectivity index (χ3v) is 12.2. The second-order valence-electron chi connectivity index (χ2n) is 18.3. The molecule has 6 nitrogen and oxygen atoms in total. The van der Waals surface area contributed by atoms with Crippen molar-refractivity contribution in [3.63, 3.8) is 0 Å². The fraction of sp³-hybridized carbons (Fsp3) is 0.855. The van der Waals surface area contributed by atoms with Gasteiger partial charge in [0.2, 0.25) is 5.91 Å². The number of aliphatic hydroxyl groups is 2. The van der Waals surface area contributed by atoms with Gasteiger partial charge in [0.05, 0.1) is 25.2 Å². The molecule has 3 N–H and O–H groups in total. The number of rotatable bonds is 48. The summed E-state index contributed by atoms with van der Waals surface area (Å²) < 4.78 is 5.94. The van der Waals surface area contributed by atoms with Crippen LogP contribution in [0.2, 0.25) is 0 Å². The zero-order chi connectivity index (χ0) is 44.5. The molecule has 358 valence electrons. The normalized spacial score (nSPS) is 13.5. The molecule has 3 atom stereocenters. The maximum atomic E-state index is 13.2. The van der Waals surface area contributed by atoms with Gasteiger partial charge in [0.15, 0.2) is 0 Å². The van der Waals surface area contributed by atoms with Gasteiger partial charge >= 0.3 is 5.97 Å². The molecule has 0 saturated heterocycles. The van der Waals surface area contributed by atoms with Crippen molar-refractivity contribution in [2.24, 2.45) is 0 Å². The lowest BCUT2D eigenvalue weighted by atomic mass is 10.0. The Bertz CT molecular complexity index is 1010. The molecule has 0 heterocycles. The molecule has 0 aromatic rings. The van der Waals surface area contributed by atoms with Crippen molar-refractivity contribution < 1.29 is 24.5 Å². The van der Waals surface area contributed by atoms with Crippen LogP contribution in [-0.4, -0.2) is 46.9 Å². The van der Waals surface area contributed by atoms with Gasteiger partial charge < -0.3 is 20.3 Å². The molecular weight excluding hydrogens is 755 g/mol. The summed E-state index contributed by atoms with van der Waals surface area (Å²) in [5, 5.41) is 23.7. The van der Waals surface area contributed by atoms with E-state index in [1.165, 1.54) is 154 Å². The Morgan fingerprint density at radius 3 is 1.34 bits per heavy atom. The Labute approximate surface area is 379 Å². The molecule has 1 amide bonds. The summed E-state index contributed by atoms with van der Waals surface area (Å²) in [7, 11) is 0. The van der Waals surface area contributed by atoms with Crippen molar-refractivity contribution in [1.29, 1.82) is 0 Å². The van der Waals surface area contributed by atoms with E-state index in [-0.39, 0.29) is 24.9 Å². The molecule has 0 saturated carbocycles. The number of hydrogen-bond donors (Lipinski definition) is 3. The van der Waals surface area contributed by atoms with Crippen molar-refractivity contribution in [3.05, 3.63) is 36.5 Å². The number of nitrogens with one attached hydrogen (secondary N) is 1. The first kappa shape index (κ1) is 59.1. The van der Waals surface area contributed by atoms with Crippen LogP contribution in [0.25, 0.3) is 0 Å². The second-order valence-corrected chi connectivity index (χ2v) is 18.3. The van der Waals surface area contributed by atoms with Crippen LogP contribution >= 0.6 is 0 Å². The molecule has 0 fully saturated rings. The van der Waals surface area contributed by atoms with E-state index in [0.717, 1.165) is 77.0 Å². The van der Waals surface area contributed by atoms with E-state index in [1.54, 1.807) is 0 Å². The molecule has 0 aliphatic rings. The molecule has 0 radical (unpaired) electrons. The van der Waals surface area contributed by atoms with Crippen LogP contribution in [0.1, 0.15) is 278 Å². The van der Waals surface area contributed by atoms with Gasteiger partial charge in [0.25, 0.3) is 0 Å². The van der Waals surface area contributed by atoms with E-state index >= 15 is 0 Å². The van der Waals surface area contributed by atoms with E-state index in [9.17, 15) is 19.8 Å². The Kier molecular flexibility index (Phi) is 47.6. The Hall–Kier alpha value is -1.92. The van der Waals surface area contributed by atoms with Gasteiger partial charge in [-0.1, -0.05) is 243 Å². The minimum Gasteiger partial charge on any atom is -0.462 e. The van der Waals surface area contributed by atoms with E-state index in [2.05, 4.69) is 62.5 Å². The Morgan fingerprint density at radius 1 is 0.492 bits per heavy atom. The molecule has 3 unspecified atom stereocenters. The average molecular weight is 858 g/mol. The fourth-order valence-corrected chi connectivity index (χ4v) is 8.21. The van der Waals surface area contributed by atoms with E-state index in [4.69, 9.17) is 4.74 Å². The molecule has 0 aliphatic heterocycles. The van der Waals surface area contributed by atoms with Crippen molar-refractivity contribution in [2.45, 2.75) is 296 Å². The van der Waals surface area contributed by atoms with E-state index < -0.39 is 18.2 Å². The van der Waals surface area contributed by atoms with Gasteiger partial charge in [0.1, 0.15) is 6.10 Å². The molecule has 0 aliphatic carbocycles. The summed E-state index contributed by atoms with van der Waals surface area (Å²) in [5.41, 5.74) is 0. The third kappa shape index (κ3) is 44.5. The first-order valence-corrected chi connectivity index (χ1v) is 26.7. The van der Waals surface area contributed by atoms with Crippen LogP contribution in [-0.2, 0) is 14.3 Å². The number of esters is 1. The summed E-state index contributed by atoms with van der Waals surface area (Å²) in [4.78, 5) is 26.2. The molecular formula is C55H103NO5. The lowest BCUT2D eigenvalue weighted by Gasteiger charge is -2.24. The number of unbranched alkanes of at least 4 members (excludes halogenated alkanes) is 30. The van der Waals surface area contributed by atoms with Crippen molar-refractivity contribution in [2.75, 3.05) is 6.61 Å². The van der Waals surface area contributed by atoms with Gasteiger partial charge in [-0.2, -0.15) is 0 Å². The van der Waals surface area contributed by atoms with Crippen LogP contribution in [0, 0.1) is 0 Å². The summed E-state index contributed by atoms with van der Waals surface area (Å²) in [6.07, 6.45) is 57.8. The van der Waals surface area contributed by atoms with Crippen molar-refractivity contribution >= 4 is 11.9 Å². The molecule has 0 spiro atoms. The summed E-state index contributed by atoms with van der Waals surface area (Å²) in [6.45, 7) is 6.38. The molecule has 0 aromatic carbocycles. The Morgan fingerprint density at radius 2 is 0.885 bits per heavy atom. The monoisotopic (exact) mass is 858 g/mol. The number of amides is 1. The lowest BCUT2D eigenvalue weighted by molar-refractivity contribution is -0.151. The highest BCUT2D eigenvalue weighted by Crippen LogP contribution is 2.18. The largest absolute Gasteiger partial charge is 0.462 e. The van der Waals surface area contributed by atoms with Crippen molar-refractivity contribution in [1.82, 2.24) is 5.32 Å². The smallest absolute Gasteiger partial charge is 0.306 e. The van der Waals surface area contributed by atoms with Gasteiger partial charge in [-0.25, -0.2) is 0 Å². The predicted molar refractivity (Wildman–Crippen MR) is 264 cm³/mol. The van der Waals surface area contributed by atoms with Gasteiger partial charge in [-0.05, 0) is 57.8 Å². The average Bonchev–Trinajstić information content (AvgIpc) is 3.25. The summed E-state index contributed by atoms with van der Waals surface area (Å²) in [6, 6.07) is -0.700. The molecule has 0 rings (SSSR count). The zero-order valence-corrected chi connectivity index (χ0v) is 40.8. The summed E-state index contributed by atoms with van der Waals surface area (Å²) >= 11 is 0. The second kappa shape index (κ2) is 49.1. The van der Waals surface area contributed by atoms with Gasteiger partial charge in [-0.3, -0.25) is 9.59 Å². The van der Waals surface area contributed by atoms with Gasteiger partial charge in [0, 0.05) is 6.42 Å². The quantitative estimate of drug-likeness (QED) is 0.0322. The SMILES string of the molecule is CC/C=C/C/C=C/C/C=C/CCCCCCCCC(=O)OC(CCCCCCCCCCCCCCCCCC)CC(=O)NC(CO)C(O)CCCCCCCCCCCC. The van der Waals surface area contributed by atoms with Crippen molar-refractivity contribution in [3.8, 4) is 0 Å². The third-order valence-electron chi connectivity index (χ3n) is 12.2. The number of aliphatic hydroxyl groups excluding tert-OH is 2. The number of carbonyl (C=O) groups excluding carboxylic acids is 2. The van der Waals surface area contributed by atoms with E-state index in [0.29, 0.717) is 19.3 Å².